The van der Waals surface area contributed by atoms with Crippen molar-refractivity contribution in [2.45, 2.75) is 26.8 Å². The van der Waals surface area contributed by atoms with E-state index in [1.54, 1.807) is 4.90 Å². The third kappa shape index (κ3) is 4.19. The minimum atomic E-state index is -0.431. The van der Waals surface area contributed by atoms with Gasteiger partial charge in [0.2, 0.25) is 11.8 Å². The molecule has 1 atom stereocenters. The minimum absolute atomic E-state index is 0.0631. The van der Waals surface area contributed by atoms with Crippen molar-refractivity contribution in [1.82, 2.24) is 20.3 Å². The van der Waals surface area contributed by atoms with Crippen molar-refractivity contribution in [3.05, 3.63) is 35.2 Å². The standard InChI is InChI=1S/C19H23N5O4/c1-11-5-6-14(7-12(11)2)24-10-13(8-16(24)25)17(26)20-9-15-21-18(27-3)23-19(22-15)28-4/h5-7,13H,8-10H2,1-4H3,(H,20,26)/t13-/m1/s1. The van der Waals surface area contributed by atoms with Crippen LogP contribution in [0.3, 0.4) is 0 Å². The van der Waals surface area contributed by atoms with Gasteiger partial charge in [-0.3, -0.25) is 9.59 Å². The van der Waals surface area contributed by atoms with Crippen molar-refractivity contribution in [2.75, 3.05) is 25.7 Å². The predicted octanol–water partition coefficient (Wildman–Crippen LogP) is 1.17. The molecule has 1 aliphatic rings. The van der Waals surface area contributed by atoms with E-state index >= 15 is 0 Å². The Labute approximate surface area is 163 Å². The fraction of sp³-hybridized carbons (Fsp3) is 0.421. The van der Waals surface area contributed by atoms with Crippen LogP contribution in [0.5, 0.6) is 12.0 Å². The number of anilines is 1. The molecule has 2 aromatic rings. The number of hydrogen-bond donors (Lipinski definition) is 1. The van der Waals surface area contributed by atoms with Crippen LogP contribution in [-0.2, 0) is 16.1 Å². The van der Waals surface area contributed by atoms with Gasteiger partial charge in [0.15, 0.2) is 5.82 Å². The first-order chi connectivity index (χ1) is 13.4. The van der Waals surface area contributed by atoms with Gasteiger partial charge < -0.3 is 19.7 Å². The predicted molar refractivity (Wildman–Crippen MR) is 101 cm³/mol. The summed E-state index contributed by atoms with van der Waals surface area (Å²) in [4.78, 5) is 38.7. The maximum absolute atomic E-state index is 12.5. The van der Waals surface area contributed by atoms with E-state index in [9.17, 15) is 9.59 Å². The van der Waals surface area contributed by atoms with E-state index in [0.717, 1.165) is 16.8 Å². The topological polar surface area (TPSA) is 107 Å². The summed E-state index contributed by atoms with van der Waals surface area (Å²) in [5.74, 6) is -0.406. The molecule has 0 unspecified atom stereocenters. The summed E-state index contributed by atoms with van der Waals surface area (Å²) in [6.07, 6.45) is 0.169. The summed E-state index contributed by atoms with van der Waals surface area (Å²) >= 11 is 0. The molecule has 1 saturated heterocycles. The highest BCUT2D eigenvalue weighted by atomic mass is 16.5. The fourth-order valence-corrected chi connectivity index (χ4v) is 2.98. The number of carbonyl (C=O) groups excluding carboxylic acids is 2. The van der Waals surface area contributed by atoms with Gasteiger partial charge in [-0.1, -0.05) is 6.07 Å². The number of carbonyl (C=O) groups is 2. The van der Waals surface area contributed by atoms with Crippen LogP contribution in [0.1, 0.15) is 23.4 Å². The SMILES string of the molecule is COc1nc(CNC(=O)[C@@H]2CC(=O)N(c3ccc(C)c(C)c3)C2)nc(OC)n1. The highest BCUT2D eigenvalue weighted by Gasteiger charge is 2.35. The van der Waals surface area contributed by atoms with Crippen LogP contribution in [-0.4, -0.2) is 47.5 Å². The molecule has 0 spiro atoms. The van der Waals surface area contributed by atoms with E-state index in [1.807, 2.05) is 32.0 Å². The van der Waals surface area contributed by atoms with Crippen LogP contribution in [0.15, 0.2) is 18.2 Å². The Kier molecular flexibility index (Phi) is 5.72. The summed E-state index contributed by atoms with van der Waals surface area (Å²) in [5, 5.41) is 2.77. The van der Waals surface area contributed by atoms with Crippen LogP contribution in [0, 0.1) is 19.8 Å². The first kappa shape index (κ1) is 19.5. The lowest BCUT2D eigenvalue weighted by Crippen LogP contribution is -2.33. The third-order valence-corrected chi connectivity index (χ3v) is 4.72. The molecule has 28 heavy (non-hydrogen) atoms. The third-order valence-electron chi connectivity index (χ3n) is 4.72. The smallest absolute Gasteiger partial charge is 0.322 e. The van der Waals surface area contributed by atoms with Gasteiger partial charge in [-0.05, 0) is 37.1 Å². The maximum atomic E-state index is 12.5. The average molecular weight is 385 g/mol. The molecule has 1 aromatic heterocycles. The van der Waals surface area contributed by atoms with E-state index in [-0.39, 0.29) is 36.8 Å². The summed E-state index contributed by atoms with van der Waals surface area (Å²) in [5.41, 5.74) is 3.08. The van der Waals surface area contributed by atoms with Gasteiger partial charge in [-0.2, -0.15) is 9.97 Å². The largest absolute Gasteiger partial charge is 0.467 e. The number of benzene rings is 1. The number of ether oxygens (including phenoxy) is 2. The zero-order valence-corrected chi connectivity index (χ0v) is 16.4. The molecule has 9 nitrogen and oxygen atoms in total. The number of nitrogens with zero attached hydrogens (tertiary/aromatic N) is 4. The number of nitrogens with one attached hydrogen (secondary N) is 1. The number of aromatic nitrogens is 3. The Morgan fingerprint density at radius 3 is 2.43 bits per heavy atom. The van der Waals surface area contributed by atoms with Gasteiger partial charge in [-0.15, -0.1) is 4.98 Å². The summed E-state index contributed by atoms with van der Waals surface area (Å²) < 4.78 is 9.99. The Hall–Kier alpha value is -3.23. The van der Waals surface area contributed by atoms with Crippen molar-refractivity contribution in [2.24, 2.45) is 5.92 Å². The molecule has 1 fully saturated rings. The molecular weight excluding hydrogens is 362 g/mol. The Bertz CT molecular complexity index is 880. The number of hydrogen-bond acceptors (Lipinski definition) is 7. The first-order valence-electron chi connectivity index (χ1n) is 8.89. The van der Waals surface area contributed by atoms with Crippen molar-refractivity contribution in [3.8, 4) is 12.0 Å². The van der Waals surface area contributed by atoms with Crippen molar-refractivity contribution < 1.29 is 19.1 Å². The van der Waals surface area contributed by atoms with Crippen LogP contribution >= 0.6 is 0 Å². The second-order valence-corrected chi connectivity index (χ2v) is 6.62. The summed E-state index contributed by atoms with van der Waals surface area (Å²) in [6, 6.07) is 6.06. The van der Waals surface area contributed by atoms with Gasteiger partial charge in [0, 0.05) is 18.7 Å². The second kappa shape index (κ2) is 8.20. The molecule has 2 amide bonds. The molecule has 3 rings (SSSR count). The Morgan fingerprint density at radius 2 is 1.82 bits per heavy atom. The Balaban J connectivity index is 1.64. The minimum Gasteiger partial charge on any atom is -0.467 e. The quantitative estimate of drug-likeness (QED) is 0.795. The maximum Gasteiger partial charge on any atom is 0.322 e. The number of aryl methyl sites for hydroxylation is 2. The zero-order chi connectivity index (χ0) is 20.3. The van der Waals surface area contributed by atoms with Crippen LogP contribution < -0.4 is 19.7 Å². The summed E-state index contributed by atoms with van der Waals surface area (Å²) in [6.45, 7) is 4.45. The van der Waals surface area contributed by atoms with Crippen LogP contribution in [0.2, 0.25) is 0 Å². The van der Waals surface area contributed by atoms with Gasteiger partial charge in [-0.25, -0.2) is 0 Å². The number of amides is 2. The molecule has 1 aromatic carbocycles. The normalized spacial score (nSPS) is 16.2. The lowest BCUT2D eigenvalue weighted by Gasteiger charge is -2.18. The molecule has 0 aliphatic carbocycles. The highest BCUT2D eigenvalue weighted by Crippen LogP contribution is 2.27. The van der Waals surface area contributed by atoms with E-state index < -0.39 is 5.92 Å². The van der Waals surface area contributed by atoms with E-state index in [0.29, 0.717) is 12.4 Å². The monoisotopic (exact) mass is 385 g/mol. The molecule has 2 heterocycles. The van der Waals surface area contributed by atoms with Gasteiger partial charge in [0.25, 0.3) is 0 Å². The van der Waals surface area contributed by atoms with E-state index in [4.69, 9.17) is 9.47 Å². The molecule has 0 bridgehead atoms. The van der Waals surface area contributed by atoms with Gasteiger partial charge in [0.1, 0.15) is 0 Å². The molecule has 9 heteroatoms. The highest BCUT2D eigenvalue weighted by molar-refractivity contribution is 6.00. The number of rotatable bonds is 6. The molecule has 1 N–H and O–H groups in total. The van der Waals surface area contributed by atoms with Crippen LogP contribution in [0.4, 0.5) is 5.69 Å². The lowest BCUT2D eigenvalue weighted by atomic mass is 10.1. The van der Waals surface area contributed by atoms with Gasteiger partial charge in [0.05, 0.1) is 26.7 Å². The van der Waals surface area contributed by atoms with E-state index in [1.165, 1.54) is 14.2 Å². The summed E-state index contributed by atoms with van der Waals surface area (Å²) in [7, 11) is 2.87. The molecular formula is C19H23N5O4. The average Bonchev–Trinajstić information content (AvgIpc) is 3.09. The molecule has 0 radical (unpaired) electrons. The zero-order valence-electron chi connectivity index (χ0n) is 16.4. The van der Waals surface area contributed by atoms with Crippen molar-refractivity contribution >= 4 is 17.5 Å². The van der Waals surface area contributed by atoms with Crippen LogP contribution in [0.25, 0.3) is 0 Å². The van der Waals surface area contributed by atoms with Crippen molar-refractivity contribution in [1.29, 1.82) is 0 Å². The molecule has 148 valence electrons. The molecule has 0 saturated carbocycles. The fourth-order valence-electron chi connectivity index (χ4n) is 2.98. The second-order valence-electron chi connectivity index (χ2n) is 6.62. The Morgan fingerprint density at radius 1 is 1.14 bits per heavy atom. The molecule has 1 aliphatic heterocycles. The number of methoxy groups -OCH3 is 2. The lowest BCUT2D eigenvalue weighted by molar-refractivity contribution is -0.126. The van der Waals surface area contributed by atoms with Gasteiger partial charge >= 0.3 is 12.0 Å². The van der Waals surface area contributed by atoms with E-state index in [2.05, 4.69) is 20.3 Å². The van der Waals surface area contributed by atoms with Crippen molar-refractivity contribution in [3.63, 3.8) is 0 Å². The first-order valence-corrected chi connectivity index (χ1v) is 8.89.